The van der Waals surface area contributed by atoms with Crippen molar-refractivity contribution in [2.24, 2.45) is 0 Å². The quantitative estimate of drug-likeness (QED) is 0.669. The molecule has 74 valence electrons. The van der Waals surface area contributed by atoms with Gasteiger partial charge in [0.1, 0.15) is 0 Å². The number of hydrogen-bond donors (Lipinski definition) is 1. The third kappa shape index (κ3) is 2.84. The molecule has 0 amide bonds. The molecule has 0 bridgehead atoms. The van der Waals surface area contributed by atoms with Crippen LogP contribution in [0.4, 0.5) is 0 Å². The Balaban J connectivity index is 2.45. The summed E-state index contributed by atoms with van der Waals surface area (Å²) in [4.78, 5) is 11.3. The first-order valence-electron chi connectivity index (χ1n) is 4.87. The number of carbonyl (C=O) groups excluding carboxylic acids is 1. The van der Waals surface area contributed by atoms with Crippen LogP contribution in [-0.2, 0) is 9.53 Å². The van der Waals surface area contributed by atoms with E-state index in [4.69, 9.17) is 4.74 Å². The van der Waals surface area contributed by atoms with Crippen LogP contribution in [0.25, 0.3) is 0 Å². The monoisotopic (exact) mass is 183 g/mol. The van der Waals surface area contributed by atoms with Crippen molar-refractivity contribution < 1.29 is 9.53 Å². The van der Waals surface area contributed by atoms with Gasteiger partial charge in [0.15, 0.2) is 0 Å². The maximum Gasteiger partial charge on any atom is 0.334 e. The van der Waals surface area contributed by atoms with Crippen molar-refractivity contribution >= 4 is 5.97 Å². The van der Waals surface area contributed by atoms with Gasteiger partial charge in [-0.3, -0.25) is 0 Å². The summed E-state index contributed by atoms with van der Waals surface area (Å²) in [6.45, 7) is 5.06. The lowest BCUT2D eigenvalue weighted by molar-refractivity contribution is -0.138. The molecule has 0 aromatic rings. The molecule has 1 heterocycles. The van der Waals surface area contributed by atoms with Crippen LogP contribution < -0.4 is 5.32 Å². The molecule has 3 heteroatoms. The first-order valence-corrected chi connectivity index (χ1v) is 4.87. The fourth-order valence-electron chi connectivity index (χ4n) is 1.38. The fourth-order valence-corrected chi connectivity index (χ4v) is 1.38. The summed E-state index contributed by atoms with van der Waals surface area (Å²) < 4.78 is 4.90. The molecular formula is C10H17NO2. The van der Waals surface area contributed by atoms with Crippen molar-refractivity contribution in [2.45, 2.75) is 32.7 Å². The van der Waals surface area contributed by atoms with E-state index in [-0.39, 0.29) is 5.97 Å². The SMILES string of the molecule is CCOC(=O)C1=CCC(CC)NC1. The molecule has 1 atom stereocenters. The van der Waals surface area contributed by atoms with Gasteiger partial charge in [-0.15, -0.1) is 0 Å². The highest BCUT2D eigenvalue weighted by Gasteiger charge is 2.17. The highest BCUT2D eigenvalue weighted by Crippen LogP contribution is 2.10. The number of nitrogens with one attached hydrogen (secondary N) is 1. The molecule has 0 fully saturated rings. The number of esters is 1. The van der Waals surface area contributed by atoms with Gasteiger partial charge in [-0.25, -0.2) is 4.79 Å². The second kappa shape index (κ2) is 5.02. The minimum absolute atomic E-state index is 0.176. The van der Waals surface area contributed by atoms with E-state index in [2.05, 4.69) is 12.2 Å². The normalized spacial score (nSPS) is 22.3. The van der Waals surface area contributed by atoms with E-state index in [0.717, 1.165) is 18.4 Å². The average Bonchev–Trinajstić information content (AvgIpc) is 2.18. The van der Waals surface area contributed by atoms with E-state index in [1.54, 1.807) is 0 Å². The van der Waals surface area contributed by atoms with Gasteiger partial charge in [0.05, 0.1) is 6.61 Å². The summed E-state index contributed by atoms with van der Waals surface area (Å²) in [6, 6.07) is 0.526. The lowest BCUT2D eigenvalue weighted by atomic mass is 10.0. The molecule has 1 aliphatic heterocycles. The van der Waals surface area contributed by atoms with Gasteiger partial charge >= 0.3 is 5.97 Å². The standard InChI is InChI=1S/C10H17NO2/c1-3-9-6-5-8(7-11-9)10(12)13-4-2/h5,9,11H,3-4,6-7H2,1-2H3. The second-order valence-electron chi connectivity index (χ2n) is 3.17. The highest BCUT2D eigenvalue weighted by atomic mass is 16.5. The molecule has 0 saturated carbocycles. The Kier molecular flexibility index (Phi) is 3.96. The molecule has 0 aromatic heterocycles. The zero-order chi connectivity index (χ0) is 9.68. The van der Waals surface area contributed by atoms with Crippen LogP contribution in [0.1, 0.15) is 26.7 Å². The molecule has 13 heavy (non-hydrogen) atoms. The van der Waals surface area contributed by atoms with Crippen molar-refractivity contribution in [2.75, 3.05) is 13.2 Å². The average molecular weight is 183 g/mol. The summed E-state index contributed by atoms with van der Waals surface area (Å²) in [5.41, 5.74) is 0.770. The maximum atomic E-state index is 11.3. The Hall–Kier alpha value is -0.830. The van der Waals surface area contributed by atoms with Crippen LogP contribution in [0.15, 0.2) is 11.6 Å². The third-order valence-electron chi connectivity index (χ3n) is 2.26. The zero-order valence-corrected chi connectivity index (χ0v) is 8.30. The predicted octanol–water partition coefficient (Wildman–Crippen LogP) is 1.25. The van der Waals surface area contributed by atoms with Crippen LogP contribution in [0.2, 0.25) is 0 Å². The van der Waals surface area contributed by atoms with Gasteiger partial charge in [-0.2, -0.15) is 0 Å². The molecule has 0 radical (unpaired) electrons. The van der Waals surface area contributed by atoms with Gasteiger partial charge in [-0.05, 0) is 19.8 Å². The largest absolute Gasteiger partial charge is 0.463 e. The minimum Gasteiger partial charge on any atom is -0.463 e. The van der Waals surface area contributed by atoms with Crippen LogP contribution in [-0.4, -0.2) is 25.2 Å². The molecule has 1 aliphatic rings. The van der Waals surface area contributed by atoms with Gasteiger partial charge in [0.25, 0.3) is 0 Å². The van der Waals surface area contributed by atoms with E-state index in [1.807, 2.05) is 13.0 Å². The van der Waals surface area contributed by atoms with Gasteiger partial charge in [-0.1, -0.05) is 13.0 Å². The van der Waals surface area contributed by atoms with Gasteiger partial charge < -0.3 is 10.1 Å². The van der Waals surface area contributed by atoms with Gasteiger partial charge in [0.2, 0.25) is 0 Å². The molecule has 0 aliphatic carbocycles. The Labute approximate surface area is 79.2 Å². The van der Waals surface area contributed by atoms with Gasteiger partial charge in [0, 0.05) is 18.2 Å². The van der Waals surface area contributed by atoms with Crippen molar-refractivity contribution in [3.63, 3.8) is 0 Å². The second-order valence-corrected chi connectivity index (χ2v) is 3.17. The first kappa shape index (κ1) is 10.3. The van der Waals surface area contributed by atoms with Crippen molar-refractivity contribution in [1.29, 1.82) is 0 Å². The molecule has 0 saturated heterocycles. The van der Waals surface area contributed by atoms with Crippen molar-refractivity contribution in [1.82, 2.24) is 5.32 Å². The summed E-state index contributed by atoms with van der Waals surface area (Å²) in [7, 11) is 0. The van der Waals surface area contributed by atoms with E-state index >= 15 is 0 Å². The molecule has 1 N–H and O–H groups in total. The summed E-state index contributed by atoms with van der Waals surface area (Å²) >= 11 is 0. The lowest BCUT2D eigenvalue weighted by Crippen LogP contribution is -2.35. The lowest BCUT2D eigenvalue weighted by Gasteiger charge is -2.21. The maximum absolute atomic E-state index is 11.3. The third-order valence-corrected chi connectivity index (χ3v) is 2.26. The number of hydrogen-bond acceptors (Lipinski definition) is 3. The first-order chi connectivity index (χ1) is 6.27. The predicted molar refractivity (Wildman–Crippen MR) is 51.4 cm³/mol. The Morgan fingerprint density at radius 1 is 1.69 bits per heavy atom. The van der Waals surface area contributed by atoms with Crippen molar-refractivity contribution in [3.8, 4) is 0 Å². The number of rotatable bonds is 3. The van der Waals surface area contributed by atoms with Crippen molar-refractivity contribution in [3.05, 3.63) is 11.6 Å². The van der Waals surface area contributed by atoms with E-state index in [0.29, 0.717) is 19.2 Å². The van der Waals surface area contributed by atoms with Crippen LogP contribution >= 0.6 is 0 Å². The topological polar surface area (TPSA) is 38.3 Å². The van der Waals surface area contributed by atoms with Crippen LogP contribution in [0.5, 0.6) is 0 Å². The Morgan fingerprint density at radius 3 is 2.92 bits per heavy atom. The summed E-state index contributed by atoms with van der Waals surface area (Å²) in [5.74, 6) is -0.176. The number of carbonyl (C=O) groups is 1. The summed E-state index contributed by atoms with van der Waals surface area (Å²) in [6.07, 6.45) is 4.03. The van der Waals surface area contributed by atoms with Crippen LogP contribution in [0.3, 0.4) is 0 Å². The van der Waals surface area contributed by atoms with E-state index < -0.39 is 0 Å². The smallest absolute Gasteiger partial charge is 0.334 e. The van der Waals surface area contributed by atoms with Crippen LogP contribution in [0, 0.1) is 0 Å². The summed E-state index contributed by atoms with van der Waals surface area (Å²) in [5, 5.41) is 3.29. The fraction of sp³-hybridized carbons (Fsp3) is 0.700. The Bertz CT molecular complexity index is 211. The van der Waals surface area contributed by atoms with E-state index in [1.165, 1.54) is 0 Å². The highest BCUT2D eigenvalue weighted by molar-refractivity contribution is 5.89. The molecular weight excluding hydrogens is 166 g/mol. The minimum atomic E-state index is -0.176. The molecule has 0 aromatic carbocycles. The zero-order valence-electron chi connectivity index (χ0n) is 8.30. The molecule has 3 nitrogen and oxygen atoms in total. The molecule has 0 spiro atoms. The van der Waals surface area contributed by atoms with E-state index in [9.17, 15) is 4.79 Å². The Morgan fingerprint density at radius 2 is 2.46 bits per heavy atom. The molecule has 1 rings (SSSR count). The number of ether oxygens (including phenoxy) is 1. The molecule has 1 unspecified atom stereocenters.